The van der Waals surface area contributed by atoms with Crippen LogP contribution in [-0.4, -0.2) is 49.4 Å². The number of benzene rings is 2. The molecule has 1 aliphatic heterocycles. The molecule has 6 heteroatoms. The van der Waals surface area contributed by atoms with E-state index >= 15 is 0 Å². The molecule has 0 aromatic heterocycles. The van der Waals surface area contributed by atoms with Gasteiger partial charge in [0, 0.05) is 43.5 Å². The molecule has 182 valence electrons. The van der Waals surface area contributed by atoms with E-state index in [2.05, 4.69) is 58.5 Å². The molecule has 4 rings (SSSR count). The van der Waals surface area contributed by atoms with Gasteiger partial charge in [0.25, 0.3) is 5.91 Å². The second kappa shape index (κ2) is 11.5. The molecule has 2 N–H and O–H groups in total. The standard InChI is InChI=1S/C28H38N4O2/c1-3-31(4-2)18-16-29-28(34)25-19-24(30-27(33)22-10-6-7-11-22)13-14-26(25)32-17-15-21-9-5-8-12-23(21)20-32/h5,8-9,12-14,19,22H,3-4,6-7,10-11,15-18,20H2,1-2H3,(H,29,34)(H,30,33). The van der Waals surface area contributed by atoms with Crippen LogP contribution < -0.4 is 15.5 Å². The second-order valence-corrected chi connectivity index (χ2v) is 9.43. The van der Waals surface area contributed by atoms with E-state index in [1.54, 1.807) is 0 Å². The number of hydrogen-bond acceptors (Lipinski definition) is 4. The predicted octanol–water partition coefficient (Wildman–Crippen LogP) is 4.45. The van der Waals surface area contributed by atoms with Gasteiger partial charge < -0.3 is 20.4 Å². The lowest BCUT2D eigenvalue weighted by Crippen LogP contribution is -2.36. The molecule has 0 atom stereocenters. The molecule has 6 nitrogen and oxygen atoms in total. The number of hydrogen-bond donors (Lipinski definition) is 2. The molecule has 2 aliphatic rings. The van der Waals surface area contributed by atoms with Crippen molar-refractivity contribution in [3.05, 3.63) is 59.2 Å². The molecular weight excluding hydrogens is 424 g/mol. The fraction of sp³-hybridized carbons (Fsp3) is 0.500. The Labute approximate surface area is 203 Å². The first-order chi connectivity index (χ1) is 16.6. The third kappa shape index (κ3) is 5.79. The van der Waals surface area contributed by atoms with Crippen LogP contribution >= 0.6 is 0 Å². The summed E-state index contributed by atoms with van der Waals surface area (Å²) in [5, 5.41) is 6.18. The molecule has 1 heterocycles. The Morgan fingerprint density at radius 2 is 1.76 bits per heavy atom. The molecule has 0 saturated heterocycles. The maximum atomic E-state index is 13.3. The van der Waals surface area contributed by atoms with Gasteiger partial charge >= 0.3 is 0 Å². The van der Waals surface area contributed by atoms with Gasteiger partial charge in [-0.25, -0.2) is 0 Å². The van der Waals surface area contributed by atoms with E-state index in [-0.39, 0.29) is 17.7 Å². The number of amides is 2. The van der Waals surface area contributed by atoms with Crippen molar-refractivity contribution in [2.75, 3.05) is 42.9 Å². The van der Waals surface area contributed by atoms with Gasteiger partial charge in [-0.05, 0) is 61.7 Å². The van der Waals surface area contributed by atoms with Crippen LogP contribution in [0, 0.1) is 5.92 Å². The van der Waals surface area contributed by atoms with E-state index in [1.807, 2.05) is 18.2 Å². The van der Waals surface area contributed by atoms with Gasteiger partial charge in [-0.15, -0.1) is 0 Å². The molecule has 0 spiro atoms. The number of nitrogens with one attached hydrogen (secondary N) is 2. The first-order valence-electron chi connectivity index (χ1n) is 12.9. The Morgan fingerprint density at radius 3 is 2.50 bits per heavy atom. The summed E-state index contributed by atoms with van der Waals surface area (Å²) in [7, 11) is 0. The SMILES string of the molecule is CCN(CC)CCNC(=O)c1cc(NC(=O)C2CCCC2)ccc1N1CCc2ccccc2C1. The maximum Gasteiger partial charge on any atom is 0.253 e. The number of likely N-dealkylation sites (N-methyl/N-ethyl adjacent to an activating group) is 1. The normalized spacial score (nSPS) is 15.9. The average molecular weight is 463 g/mol. The highest BCUT2D eigenvalue weighted by molar-refractivity contribution is 6.02. The highest BCUT2D eigenvalue weighted by Gasteiger charge is 2.25. The second-order valence-electron chi connectivity index (χ2n) is 9.43. The number of nitrogens with zero attached hydrogens (tertiary/aromatic N) is 2. The fourth-order valence-electron chi connectivity index (χ4n) is 5.17. The summed E-state index contributed by atoms with van der Waals surface area (Å²) in [6.07, 6.45) is 5.10. The average Bonchev–Trinajstić information content (AvgIpc) is 3.41. The van der Waals surface area contributed by atoms with Crippen LogP contribution in [0.15, 0.2) is 42.5 Å². The monoisotopic (exact) mass is 462 g/mol. The van der Waals surface area contributed by atoms with Gasteiger partial charge in [-0.1, -0.05) is 51.0 Å². The van der Waals surface area contributed by atoms with Gasteiger partial charge in [0.2, 0.25) is 5.91 Å². The Bertz CT molecular complexity index is 996. The fourth-order valence-corrected chi connectivity index (χ4v) is 5.17. The molecular formula is C28H38N4O2. The van der Waals surface area contributed by atoms with Crippen LogP contribution in [0.2, 0.25) is 0 Å². The van der Waals surface area contributed by atoms with Crippen LogP contribution in [0.3, 0.4) is 0 Å². The summed E-state index contributed by atoms with van der Waals surface area (Å²) in [5.74, 6) is 0.0765. The lowest BCUT2D eigenvalue weighted by molar-refractivity contribution is -0.119. The van der Waals surface area contributed by atoms with Gasteiger partial charge in [0.15, 0.2) is 0 Å². The van der Waals surface area contributed by atoms with Gasteiger partial charge in [0.05, 0.1) is 5.56 Å². The van der Waals surface area contributed by atoms with E-state index in [4.69, 9.17) is 0 Å². The lowest BCUT2D eigenvalue weighted by atomic mass is 9.98. The van der Waals surface area contributed by atoms with Gasteiger partial charge in [-0.3, -0.25) is 9.59 Å². The predicted molar refractivity (Wildman–Crippen MR) is 138 cm³/mol. The van der Waals surface area contributed by atoms with Crippen LogP contribution in [0.5, 0.6) is 0 Å². The summed E-state index contributed by atoms with van der Waals surface area (Å²) in [6.45, 7) is 9.27. The minimum Gasteiger partial charge on any atom is -0.366 e. The van der Waals surface area contributed by atoms with E-state index in [9.17, 15) is 9.59 Å². The zero-order valence-electron chi connectivity index (χ0n) is 20.6. The van der Waals surface area contributed by atoms with Crippen molar-refractivity contribution in [3.8, 4) is 0 Å². The van der Waals surface area contributed by atoms with Crippen molar-refractivity contribution < 1.29 is 9.59 Å². The summed E-state index contributed by atoms with van der Waals surface area (Å²) >= 11 is 0. The molecule has 1 fully saturated rings. The minimum absolute atomic E-state index is 0.0741. The third-order valence-electron chi connectivity index (χ3n) is 7.31. The lowest BCUT2D eigenvalue weighted by Gasteiger charge is -2.32. The Morgan fingerprint density at radius 1 is 1.03 bits per heavy atom. The van der Waals surface area contributed by atoms with Crippen LogP contribution in [0.25, 0.3) is 0 Å². The number of fused-ring (bicyclic) bond motifs is 1. The molecule has 1 saturated carbocycles. The van der Waals surface area contributed by atoms with Crippen LogP contribution in [0.4, 0.5) is 11.4 Å². The molecule has 0 unspecified atom stereocenters. The highest BCUT2D eigenvalue weighted by atomic mass is 16.2. The summed E-state index contributed by atoms with van der Waals surface area (Å²) in [6, 6.07) is 14.3. The largest absolute Gasteiger partial charge is 0.366 e. The molecule has 2 aromatic carbocycles. The molecule has 1 aliphatic carbocycles. The zero-order valence-corrected chi connectivity index (χ0v) is 20.6. The van der Waals surface area contributed by atoms with Gasteiger partial charge in [0.1, 0.15) is 0 Å². The summed E-state index contributed by atoms with van der Waals surface area (Å²) < 4.78 is 0. The van der Waals surface area contributed by atoms with Crippen LogP contribution in [-0.2, 0) is 17.8 Å². The van der Waals surface area contributed by atoms with Crippen molar-refractivity contribution >= 4 is 23.2 Å². The quantitative estimate of drug-likeness (QED) is 0.578. The van der Waals surface area contributed by atoms with Crippen molar-refractivity contribution in [3.63, 3.8) is 0 Å². The first-order valence-corrected chi connectivity index (χ1v) is 12.9. The molecule has 0 radical (unpaired) electrons. The van der Waals surface area contributed by atoms with Crippen molar-refractivity contribution in [1.82, 2.24) is 10.2 Å². The number of carbonyl (C=O) groups is 2. The number of carbonyl (C=O) groups excluding carboxylic acids is 2. The maximum absolute atomic E-state index is 13.3. The summed E-state index contributed by atoms with van der Waals surface area (Å²) in [5.41, 5.74) is 4.94. The highest BCUT2D eigenvalue weighted by Crippen LogP contribution is 2.31. The first kappa shape index (κ1) is 24.3. The van der Waals surface area contributed by atoms with Crippen molar-refractivity contribution in [1.29, 1.82) is 0 Å². The third-order valence-corrected chi connectivity index (χ3v) is 7.31. The summed E-state index contributed by atoms with van der Waals surface area (Å²) in [4.78, 5) is 30.6. The Kier molecular flexibility index (Phi) is 8.22. The molecule has 2 amide bonds. The van der Waals surface area contributed by atoms with E-state index in [0.717, 1.165) is 70.5 Å². The van der Waals surface area contributed by atoms with Crippen molar-refractivity contribution in [2.45, 2.75) is 52.5 Å². The van der Waals surface area contributed by atoms with E-state index in [0.29, 0.717) is 17.8 Å². The Balaban J connectivity index is 1.54. The zero-order chi connectivity index (χ0) is 23.9. The Hall–Kier alpha value is -2.86. The number of anilines is 2. The minimum atomic E-state index is -0.0852. The number of rotatable bonds is 9. The molecule has 2 aromatic rings. The molecule has 0 bridgehead atoms. The van der Waals surface area contributed by atoms with Crippen LogP contribution in [0.1, 0.15) is 61.0 Å². The van der Waals surface area contributed by atoms with Crippen molar-refractivity contribution in [2.24, 2.45) is 5.92 Å². The van der Waals surface area contributed by atoms with E-state index < -0.39 is 0 Å². The van der Waals surface area contributed by atoms with E-state index in [1.165, 1.54) is 11.1 Å². The van der Waals surface area contributed by atoms with Gasteiger partial charge in [-0.2, -0.15) is 0 Å². The molecule has 34 heavy (non-hydrogen) atoms. The topological polar surface area (TPSA) is 64.7 Å². The smallest absolute Gasteiger partial charge is 0.253 e.